The molecule has 60 valence electrons. The van der Waals surface area contributed by atoms with E-state index in [0.29, 0.717) is 5.91 Å². The highest BCUT2D eigenvalue weighted by Gasteiger charge is 2.16. The average Bonchev–Trinajstić information content (AvgIpc) is 2.39. The third-order valence-corrected chi connectivity index (χ3v) is 1.55. The summed E-state index contributed by atoms with van der Waals surface area (Å²) in [5.41, 5.74) is 0. The van der Waals surface area contributed by atoms with Gasteiger partial charge in [0.1, 0.15) is 0 Å². The maximum absolute atomic E-state index is 10.7. The smallest absolute Gasteiger partial charge is 0.222 e. The first-order valence-corrected chi connectivity index (χ1v) is 9.55. The molecule has 0 unspecified atom stereocenters. The standard InChI is InChI=1S/C6H11NO.I2/c1-2-7-5-3-4-6(7)8;1-2/h2-5H2,1H3;. The number of halogens is 2. The Kier molecular flexibility index (Phi) is 7.24. The summed E-state index contributed by atoms with van der Waals surface area (Å²) in [7, 11) is 0. The SMILES string of the molecule is CCN1CCCC1=O.II. The maximum atomic E-state index is 10.7. The third-order valence-electron chi connectivity index (χ3n) is 1.55. The first kappa shape index (κ1) is 10.9. The van der Waals surface area contributed by atoms with Gasteiger partial charge in [-0.3, -0.25) is 4.79 Å². The second kappa shape index (κ2) is 6.63. The molecule has 0 spiro atoms. The lowest BCUT2D eigenvalue weighted by atomic mass is 10.4. The fraction of sp³-hybridized carbons (Fsp3) is 0.833. The number of rotatable bonds is 1. The number of amides is 1. The fourth-order valence-electron chi connectivity index (χ4n) is 1.04. The summed E-state index contributed by atoms with van der Waals surface area (Å²) in [6.07, 6.45) is 1.83. The Balaban J connectivity index is 0.000000371. The van der Waals surface area contributed by atoms with E-state index < -0.39 is 0 Å². The summed E-state index contributed by atoms with van der Waals surface area (Å²) in [4.78, 5) is 12.6. The monoisotopic (exact) mass is 367 g/mol. The number of carbonyl (C=O) groups is 1. The molecule has 2 nitrogen and oxygen atoms in total. The van der Waals surface area contributed by atoms with Crippen molar-refractivity contribution < 1.29 is 4.79 Å². The fourth-order valence-corrected chi connectivity index (χ4v) is 1.04. The molecule has 0 N–H and O–H groups in total. The zero-order valence-corrected chi connectivity index (χ0v) is 10.3. The van der Waals surface area contributed by atoms with Gasteiger partial charge in [-0.1, -0.05) is 0 Å². The Morgan fingerprint density at radius 1 is 1.60 bits per heavy atom. The lowest BCUT2D eigenvalue weighted by Crippen LogP contribution is -2.23. The van der Waals surface area contributed by atoms with E-state index in [4.69, 9.17) is 0 Å². The van der Waals surface area contributed by atoms with Gasteiger partial charge in [0.2, 0.25) is 5.91 Å². The molecule has 1 amide bonds. The number of carbonyl (C=O) groups excluding carboxylic acids is 1. The highest BCUT2D eigenvalue weighted by molar-refractivity contribution is 15.0. The van der Waals surface area contributed by atoms with Crippen LogP contribution in [0.1, 0.15) is 19.8 Å². The predicted octanol–water partition coefficient (Wildman–Crippen LogP) is 2.40. The Hall–Kier alpha value is 0.930. The van der Waals surface area contributed by atoms with Crippen LogP contribution >= 0.6 is 37.2 Å². The molecule has 0 saturated carbocycles. The summed E-state index contributed by atoms with van der Waals surface area (Å²) in [6.45, 7) is 3.89. The summed E-state index contributed by atoms with van der Waals surface area (Å²) < 4.78 is 0. The minimum Gasteiger partial charge on any atom is -0.343 e. The van der Waals surface area contributed by atoms with Crippen molar-refractivity contribution in [2.45, 2.75) is 19.8 Å². The van der Waals surface area contributed by atoms with Crippen LogP contribution in [0.2, 0.25) is 0 Å². The van der Waals surface area contributed by atoms with Crippen LogP contribution < -0.4 is 0 Å². The minimum atomic E-state index is 0.326. The molecule has 1 rings (SSSR count). The molecule has 1 saturated heterocycles. The van der Waals surface area contributed by atoms with Gasteiger partial charge in [-0.15, -0.1) is 0 Å². The molecule has 1 aliphatic rings. The van der Waals surface area contributed by atoms with Gasteiger partial charge >= 0.3 is 0 Å². The molecular weight excluding hydrogens is 356 g/mol. The summed E-state index contributed by atoms with van der Waals surface area (Å²) in [5, 5.41) is 0. The van der Waals surface area contributed by atoms with Gasteiger partial charge in [0.15, 0.2) is 0 Å². The highest BCUT2D eigenvalue weighted by Crippen LogP contribution is 2.07. The van der Waals surface area contributed by atoms with Gasteiger partial charge < -0.3 is 4.90 Å². The zero-order valence-electron chi connectivity index (χ0n) is 5.94. The first-order chi connectivity index (χ1) is 4.84. The number of nitrogens with zero attached hydrogens (tertiary/aromatic N) is 1. The van der Waals surface area contributed by atoms with Crippen molar-refractivity contribution in [1.82, 2.24) is 4.90 Å². The van der Waals surface area contributed by atoms with Crippen molar-refractivity contribution in [3.63, 3.8) is 0 Å². The maximum Gasteiger partial charge on any atom is 0.222 e. The molecular formula is C6H11I2NO. The normalized spacial score (nSPS) is 16.7. The van der Waals surface area contributed by atoms with Crippen molar-refractivity contribution in [3.8, 4) is 0 Å². The quantitative estimate of drug-likeness (QED) is 0.652. The van der Waals surface area contributed by atoms with Crippen LogP contribution in [-0.2, 0) is 4.79 Å². The molecule has 1 fully saturated rings. The van der Waals surface area contributed by atoms with Crippen LogP contribution in [0.15, 0.2) is 0 Å². The topological polar surface area (TPSA) is 20.3 Å². The van der Waals surface area contributed by atoms with E-state index in [-0.39, 0.29) is 0 Å². The van der Waals surface area contributed by atoms with Gasteiger partial charge in [-0.05, 0) is 13.3 Å². The van der Waals surface area contributed by atoms with E-state index in [1.165, 1.54) is 0 Å². The van der Waals surface area contributed by atoms with E-state index in [1.54, 1.807) is 0 Å². The van der Waals surface area contributed by atoms with Crippen molar-refractivity contribution >= 4 is 43.1 Å². The van der Waals surface area contributed by atoms with E-state index in [1.807, 2.05) is 11.8 Å². The Bertz CT molecular complexity index is 108. The number of likely N-dealkylation sites (tertiary alicyclic amines) is 1. The molecule has 4 heteroatoms. The molecule has 0 radical (unpaired) electrons. The number of hydrogen-bond acceptors (Lipinski definition) is 1. The van der Waals surface area contributed by atoms with Gasteiger partial charge in [0.25, 0.3) is 0 Å². The molecule has 0 aliphatic carbocycles. The molecule has 0 atom stereocenters. The van der Waals surface area contributed by atoms with E-state index in [0.717, 1.165) is 25.9 Å². The molecule has 0 aromatic heterocycles. The minimum absolute atomic E-state index is 0.326. The van der Waals surface area contributed by atoms with Crippen molar-refractivity contribution in [2.75, 3.05) is 13.1 Å². The van der Waals surface area contributed by atoms with Crippen LogP contribution in [-0.4, -0.2) is 23.9 Å². The third kappa shape index (κ3) is 3.36. The van der Waals surface area contributed by atoms with E-state index in [2.05, 4.69) is 37.2 Å². The molecule has 1 heterocycles. The summed E-state index contributed by atoms with van der Waals surface area (Å²) in [5.74, 6) is 0.326. The lowest BCUT2D eigenvalue weighted by molar-refractivity contribution is -0.127. The Morgan fingerprint density at radius 3 is 2.40 bits per heavy atom. The van der Waals surface area contributed by atoms with Crippen molar-refractivity contribution in [2.24, 2.45) is 0 Å². The number of hydrogen-bond donors (Lipinski definition) is 0. The van der Waals surface area contributed by atoms with Gasteiger partial charge in [0.05, 0.1) is 0 Å². The molecule has 0 aromatic carbocycles. The molecule has 1 aliphatic heterocycles. The first-order valence-electron chi connectivity index (χ1n) is 3.26. The summed E-state index contributed by atoms with van der Waals surface area (Å²) in [6, 6.07) is 0. The van der Waals surface area contributed by atoms with Gasteiger partial charge in [-0.25, -0.2) is 0 Å². The Morgan fingerprint density at radius 2 is 2.20 bits per heavy atom. The Labute approximate surface area is 85.0 Å². The lowest BCUT2D eigenvalue weighted by Gasteiger charge is -2.10. The van der Waals surface area contributed by atoms with Crippen LogP contribution in [0.25, 0.3) is 0 Å². The molecule has 0 bridgehead atoms. The zero-order chi connectivity index (χ0) is 7.98. The van der Waals surface area contributed by atoms with Crippen LogP contribution in [0.5, 0.6) is 0 Å². The van der Waals surface area contributed by atoms with Crippen LogP contribution in [0.3, 0.4) is 0 Å². The predicted molar refractivity (Wildman–Crippen MR) is 59.5 cm³/mol. The highest BCUT2D eigenvalue weighted by atomic mass is 128. The second-order valence-corrected chi connectivity index (χ2v) is 2.08. The largest absolute Gasteiger partial charge is 0.343 e. The van der Waals surface area contributed by atoms with Crippen molar-refractivity contribution in [1.29, 1.82) is 0 Å². The van der Waals surface area contributed by atoms with Crippen LogP contribution in [0, 0.1) is 0 Å². The van der Waals surface area contributed by atoms with Gasteiger partial charge in [-0.2, -0.15) is 0 Å². The van der Waals surface area contributed by atoms with Crippen molar-refractivity contribution in [3.05, 3.63) is 0 Å². The van der Waals surface area contributed by atoms with E-state index >= 15 is 0 Å². The second-order valence-electron chi connectivity index (χ2n) is 2.08. The molecule has 10 heavy (non-hydrogen) atoms. The van der Waals surface area contributed by atoms with Crippen LogP contribution in [0.4, 0.5) is 0 Å². The van der Waals surface area contributed by atoms with Gasteiger partial charge in [0, 0.05) is 56.7 Å². The summed E-state index contributed by atoms with van der Waals surface area (Å²) >= 11 is 4.24. The average molecular weight is 367 g/mol. The molecule has 0 aromatic rings. The van der Waals surface area contributed by atoms with E-state index in [9.17, 15) is 4.79 Å².